The SMILES string of the molecule is CC(C)c1oncc1C(=O)c1ccc(Br)cc1S(C)(=O)=O. The Morgan fingerprint density at radius 3 is 2.52 bits per heavy atom. The molecule has 2 rings (SSSR count). The van der Waals surface area contributed by atoms with Crippen LogP contribution in [0.4, 0.5) is 0 Å². The van der Waals surface area contributed by atoms with Crippen LogP contribution in [0.5, 0.6) is 0 Å². The second-order valence-electron chi connectivity index (χ2n) is 5.00. The number of benzene rings is 1. The molecule has 2 aromatic rings. The van der Waals surface area contributed by atoms with E-state index in [-0.39, 0.29) is 21.9 Å². The van der Waals surface area contributed by atoms with Crippen LogP contribution in [-0.2, 0) is 9.84 Å². The molecular weight excluding hydrogens is 358 g/mol. The number of rotatable bonds is 4. The van der Waals surface area contributed by atoms with Crippen LogP contribution in [0.3, 0.4) is 0 Å². The molecule has 7 heteroatoms. The minimum atomic E-state index is -3.53. The van der Waals surface area contributed by atoms with E-state index >= 15 is 0 Å². The first-order chi connectivity index (χ1) is 9.71. The molecule has 0 spiro atoms. The number of carbonyl (C=O) groups excluding carboxylic acids is 1. The van der Waals surface area contributed by atoms with Gasteiger partial charge < -0.3 is 4.52 Å². The summed E-state index contributed by atoms with van der Waals surface area (Å²) in [6.45, 7) is 3.74. The summed E-state index contributed by atoms with van der Waals surface area (Å²) in [4.78, 5) is 12.6. The first kappa shape index (κ1) is 15.9. The molecule has 0 aliphatic rings. The highest BCUT2D eigenvalue weighted by Gasteiger charge is 2.25. The number of ketones is 1. The van der Waals surface area contributed by atoms with E-state index in [1.807, 2.05) is 13.8 Å². The lowest BCUT2D eigenvalue weighted by Gasteiger charge is -2.08. The maximum Gasteiger partial charge on any atom is 0.199 e. The molecule has 1 aromatic carbocycles. The van der Waals surface area contributed by atoms with Crippen LogP contribution >= 0.6 is 15.9 Å². The smallest absolute Gasteiger partial charge is 0.199 e. The summed E-state index contributed by atoms with van der Waals surface area (Å²) in [5.74, 6) is 0.0128. The molecule has 21 heavy (non-hydrogen) atoms. The first-order valence-electron chi connectivity index (χ1n) is 6.20. The van der Waals surface area contributed by atoms with Crippen molar-refractivity contribution in [3.63, 3.8) is 0 Å². The van der Waals surface area contributed by atoms with E-state index in [4.69, 9.17) is 4.52 Å². The number of sulfone groups is 1. The topological polar surface area (TPSA) is 77.2 Å². The quantitative estimate of drug-likeness (QED) is 0.771. The lowest BCUT2D eigenvalue weighted by atomic mass is 10.00. The predicted octanol–water partition coefficient (Wildman–Crippen LogP) is 3.20. The lowest BCUT2D eigenvalue weighted by molar-refractivity contribution is 0.103. The van der Waals surface area contributed by atoms with Gasteiger partial charge in [0.15, 0.2) is 15.6 Å². The molecule has 0 radical (unpaired) electrons. The maximum absolute atomic E-state index is 12.6. The van der Waals surface area contributed by atoms with E-state index in [1.54, 1.807) is 6.07 Å². The van der Waals surface area contributed by atoms with E-state index in [1.165, 1.54) is 18.3 Å². The highest BCUT2D eigenvalue weighted by atomic mass is 79.9. The first-order valence-corrected chi connectivity index (χ1v) is 8.89. The molecule has 0 amide bonds. The Labute approximate surface area is 131 Å². The van der Waals surface area contributed by atoms with Crippen LogP contribution in [0.2, 0.25) is 0 Å². The predicted molar refractivity (Wildman–Crippen MR) is 81.3 cm³/mol. The van der Waals surface area contributed by atoms with Crippen LogP contribution in [0.25, 0.3) is 0 Å². The van der Waals surface area contributed by atoms with Crippen LogP contribution < -0.4 is 0 Å². The van der Waals surface area contributed by atoms with Gasteiger partial charge in [0.2, 0.25) is 0 Å². The maximum atomic E-state index is 12.6. The number of aromatic nitrogens is 1. The van der Waals surface area contributed by atoms with E-state index < -0.39 is 15.6 Å². The fourth-order valence-corrected chi connectivity index (χ4v) is 3.39. The van der Waals surface area contributed by atoms with Gasteiger partial charge in [0.1, 0.15) is 5.76 Å². The van der Waals surface area contributed by atoms with Crippen molar-refractivity contribution in [1.82, 2.24) is 5.16 Å². The Kier molecular flexibility index (Phi) is 4.34. The van der Waals surface area contributed by atoms with Gasteiger partial charge >= 0.3 is 0 Å². The van der Waals surface area contributed by atoms with Gasteiger partial charge in [0, 0.05) is 22.2 Å². The van der Waals surface area contributed by atoms with Gasteiger partial charge in [0.05, 0.1) is 16.7 Å². The van der Waals surface area contributed by atoms with Crippen molar-refractivity contribution < 1.29 is 17.7 Å². The number of hydrogen-bond donors (Lipinski definition) is 0. The van der Waals surface area contributed by atoms with Gasteiger partial charge in [-0.15, -0.1) is 0 Å². The minimum Gasteiger partial charge on any atom is -0.360 e. The fraction of sp³-hybridized carbons (Fsp3) is 0.286. The van der Waals surface area contributed by atoms with Crippen LogP contribution in [0.1, 0.15) is 41.4 Å². The molecular formula is C14H14BrNO4S. The van der Waals surface area contributed by atoms with E-state index in [2.05, 4.69) is 21.1 Å². The monoisotopic (exact) mass is 371 g/mol. The Hall–Kier alpha value is -1.47. The molecule has 0 unspecified atom stereocenters. The van der Waals surface area contributed by atoms with Gasteiger partial charge in [-0.2, -0.15) is 0 Å². The zero-order chi connectivity index (χ0) is 15.8. The third-order valence-electron chi connectivity index (χ3n) is 2.96. The number of halogens is 1. The molecule has 0 atom stereocenters. The third-order valence-corrected chi connectivity index (χ3v) is 4.59. The van der Waals surface area contributed by atoms with Gasteiger partial charge in [-0.1, -0.05) is 34.9 Å². The van der Waals surface area contributed by atoms with Crippen molar-refractivity contribution >= 4 is 31.6 Å². The summed E-state index contributed by atoms with van der Waals surface area (Å²) >= 11 is 3.22. The van der Waals surface area contributed by atoms with E-state index in [9.17, 15) is 13.2 Å². The average molecular weight is 372 g/mol. The zero-order valence-corrected chi connectivity index (χ0v) is 14.2. The standard InChI is InChI=1S/C14H14BrNO4S/c1-8(2)14-11(7-16-20-14)13(17)10-5-4-9(15)6-12(10)21(3,18)19/h4-8H,1-3H3. The molecule has 112 valence electrons. The van der Waals surface area contributed by atoms with Crippen molar-refractivity contribution in [3.05, 3.63) is 45.8 Å². The molecule has 5 nitrogen and oxygen atoms in total. The number of hydrogen-bond acceptors (Lipinski definition) is 5. The molecule has 0 saturated carbocycles. The van der Waals surface area contributed by atoms with E-state index in [0.29, 0.717) is 10.2 Å². The van der Waals surface area contributed by atoms with E-state index in [0.717, 1.165) is 6.26 Å². The minimum absolute atomic E-state index is 0.0159. The normalized spacial score (nSPS) is 11.9. The van der Waals surface area contributed by atoms with Gasteiger partial charge in [0.25, 0.3) is 0 Å². The van der Waals surface area contributed by atoms with Gasteiger partial charge in [-0.25, -0.2) is 8.42 Å². The summed E-state index contributed by atoms with van der Waals surface area (Å²) in [6, 6.07) is 4.54. The average Bonchev–Trinajstić information content (AvgIpc) is 2.86. The molecule has 1 heterocycles. The van der Waals surface area contributed by atoms with Crippen molar-refractivity contribution in [3.8, 4) is 0 Å². The van der Waals surface area contributed by atoms with Crippen molar-refractivity contribution in [2.45, 2.75) is 24.7 Å². The molecule has 0 fully saturated rings. The summed E-state index contributed by atoms with van der Waals surface area (Å²) in [5.41, 5.74) is 0.406. The molecule has 1 aromatic heterocycles. The largest absolute Gasteiger partial charge is 0.360 e. The second kappa shape index (κ2) is 5.73. The Balaban J connectivity index is 2.62. The summed E-state index contributed by atoms with van der Waals surface area (Å²) in [7, 11) is -3.53. The van der Waals surface area contributed by atoms with Crippen molar-refractivity contribution in [1.29, 1.82) is 0 Å². The second-order valence-corrected chi connectivity index (χ2v) is 7.90. The lowest BCUT2D eigenvalue weighted by Crippen LogP contribution is -2.10. The molecule has 0 aliphatic heterocycles. The summed E-state index contributed by atoms with van der Waals surface area (Å²) in [6.07, 6.45) is 2.40. The Bertz CT molecular complexity index is 793. The Morgan fingerprint density at radius 1 is 1.29 bits per heavy atom. The molecule has 0 N–H and O–H groups in total. The third kappa shape index (κ3) is 3.24. The highest BCUT2D eigenvalue weighted by Crippen LogP contribution is 2.27. The highest BCUT2D eigenvalue weighted by molar-refractivity contribution is 9.10. The number of carbonyl (C=O) groups is 1. The van der Waals surface area contributed by atoms with Gasteiger partial charge in [-0.05, 0) is 18.2 Å². The Morgan fingerprint density at radius 2 is 1.95 bits per heavy atom. The molecule has 0 saturated heterocycles. The van der Waals surface area contributed by atoms with Crippen LogP contribution in [0, 0.1) is 0 Å². The molecule has 0 bridgehead atoms. The van der Waals surface area contributed by atoms with Gasteiger partial charge in [-0.3, -0.25) is 4.79 Å². The van der Waals surface area contributed by atoms with Crippen molar-refractivity contribution in [2.24, 2.45) is 0 Å². The summed E-state index contributed by atoms with van der Waals surface area (Å²) in [5, 5.41) is 3.64. The zero-order valence-electron chi connectivity index (χ0n) is 11.8. The fourth-order valence-electron chi connectivity index (χ4n) is 1.97. The van der Waals surface area contributed by atoms with Crippen molar-refractivity contribution in [2.75, 3.05) is 6.26 Å². The molecule has 0 aliphatic carbocycles. The summed E-state index contributed by atoms with van der Waals surface area (Å²) < 4.78 is 29.5. The van der Waals surface area contributed by atoms with Crippen LogP contribution in [0.15, 0.2) is 38.3 Å². The number of nitrogens with zero attached hydrogens (tertiary/aromatic N) is 1. The van der Waals surface area contributed by atoms with Crippen LogP contribution in [-0.4, -0.2) is 25.6 Å².